The predicted molar refractivity (Wildman–Crippen MR) is 496 cm³/mol. The summed E-state index contributed by atoms with van der Waals surface area (Å²) in [5.74, 6) is 11.1. The molecule has 32 heteroatoms. The summed E-state index contributed by atoms with van der Waals surface area (Å²) < 4.78 is 7.03. The fourth-order valence-electron chi connectivity index (χ4n) is 15.1. The Kier molecular flexibility index (Phi) is 30.0. The molecule has 16 N–H and O–H groups in total. The number of amides is 4. The van der Waals surface area contributed by atoms with Crippen LogP contribution in [0.3, 0.4) is 0 Å². The average molecular weight is 1730 g/mol. The van der Waals surface area contributed by atoms with Crippen molar-refractivity contribution in [2.24, 2.45) is 22.9 Å². The quantitative estimate of drug-likeness (QED) is 0.0177. The first-order valence-corrected chi connectivity index (χ1v) is 42.2. The largest absolute Gasteiger partial charge is 0.352 e. The maximum absolute atomic E-state index is 13.2. The van der Waals surface area contributed by atoms with Gasteiger partial charge in [0.05, 0.1) is 56.7 Å². The van der Waals surface area contributed by atoms with Crippen molar-refractivity contribution in [1.82, 2.24) is 90.3 Å². The minimum absolute atomic E-state index is 0.0658. The number of nitrogens with one attached hydrogen (secondary N) is 8. The fraction of sp³-hybridized carbons (Fsp3) is 0.255. The second-order valence-corrected chi connectivity index (χ2v) is 30.9. The Hall–Kier alpha value is -14.2. The van der Waals surface area contributed by atoms with Gasteiger partial charge in [-0.15, -0.1) is 0 Å². The van der Waals surface area contributed by atoms with E-state index < -0.39 is 0 Å². The van der Waals surface area contributed by atoms with Gasteiger partial charge in [-0.1, -0.05) is 59.0 Å². The first-order valence-electron chi connectivity index (χ1n) is 41.4. The van der Waals surface area contributed by atoms with Gasteiger partial charge in [0.15, 0.2) is 0 Å². The highest BCUT2D eigenvalue weighted by atomic mass is 35.5. The van der Waals surface area contributed by atoms with Crippen LogP contribution in [0.25, 0.3) is 87.2 Å². The number of nitrogens with zero attached hydrogens (tertiary/aromatic N) is 10. The van der Waals surface area contributed by atoms with Gasteiger partial charge in [-0.25, -0.2) is 0 Å². The zero-order valence-corrected chi connectivity index (χ0v) is 71.6. The molecule has 30 nitrogen and oxygen atoms in total. The second kappa shape index (κ2) is 42.2. The third-order valence-corrected chi connectivity index (χ3v) is 21.9. The minimum Gasteiger partial charge on any atom is -0.352 e. The molecule has 10 heterocycles. The van der Waals surface area contributed by atoms with E-state index in [0.29, 0.717) is 167 Å². The molecule has 4 amide bonds. The van der Waals surface area contributed by atoms with Crippen molar-refractivity contribution in [3.63, 3.8) is 0 Å². The van der Waals surface area contributed by atoms with Crippen LogP contribution < -0.4 is 66.4 Å². The molecular formula is C94H96Cl2N22O8. The zero-order valence-electron chi connectivity index (χ0n) is 70.1. The van der Waals surface area contributed by atoms with Crippen LogP contribution in [-0.4, -0.2) is 145 Å². The van der Waals surface area contributed by atoms with Crippen molar-refractivity contribution in [3.8, 4) is 23.7 Å². The van der Waals surface area contributed by atoms with Gasteiger partial charge in [0, 0.05) is 165 Å². The van der Waals surface area contributed by atoms with Crippen molar-refractivity contribution >= 4 is 134 Å². The van der Waals surface area contributed by atoms with Gasteiger partial charge in [0.1, 0.15) is 22.1 Å². The molecule has 0 bridgehead atoms. The number of aromatic nitrogens is 14. The molecule has 10 aromatic heterocycles. The highest BCUT2D eigenvalue weighted by Gasteiger charge is 2.22. The van der Waals surface area contributed by atoms with E-state index in [1.54, 1.807) is 116 Å². The number of H-pyrrole nitrogens is 4. The van der Waals surface area contributed by atoms with Crippen LogP contribution in [0.2, 0.25) is 10.0 Å². The maximum atomic E-state index is 13.2. The number of aromatic amines is 4. The summed E-state index contributed by atoms with van der Waals surface area (Å²) in [5.41, 5.74) is 37.0. The Morgan fingerprint density at radius 2 is 0.627 bits per heavy atom. The van der Waals surface area contributed by atoms with Crippen LogP contribution in [0.5, 0.6) is 0 Å². The van der Waals surface area contributed by atoms with Crippen molar-refractivity contribution in [1.29, 1.82) is 0 Å². The van der Waals surface area contributed by atoms with Gasteiger partial charge in [0.25, 0.3) is 45.9 Å². The highest BCUT2D eigenvalue weighted by molar-refractivity contribution is 6.31. The van der Waals surface area contributed by atoms with Crippen LogP contribution in [0.15, 0.2) is 190 Å². The Morgan fingerprint density at radius 3 is 0.905 bits per heavy atom. The predicted octanol–water partition coefficient (Wildman–Crippen LogP) is 10.5. The molecule has 0 aliphatic rings. The van der Waals surface area contributed by atoms with Crippen LogP contribution in [0.1, 0.15) is 125 Å². The average Bonchev–Trinajstić information content (AvgIpc) is 1.55. The summed E-state index contributed by atoms with van der Waals surface area (Å²) in [6, 6.07) is 43.8. The number of hydrogen-bond acceptors (Lipinski definition) is 18. The van der Waals surface area contributed by atoms with E-state index in [0.717, 1.165) is 103 Å². The van der Waals surface area contributed by atoms with E-state index in [4.69, 9.17) is 46.1 Å². The van der Waals surface area contributed by atoms with Crippen molar-refractivity contribution < 1.29 is 19.2 Å². The van der Waals surface area contributed by atoms with E-state index in [9.17, 15) is 38.4 Å². The molecule has 0 aliphatic heterocycles. The smallest absolute Gasteiger partial charge is 0.262 e. The summed E-state index contributed by atoms with van der Waals surface area (Å²) >= 11 is 11.7. The highest BCUT2D eigenvalue weighted by Crippen LogP contribution is 2.30. The number of pyridine rings is 6. The summed E-state index contributed by atoms with van der Waals surface area (Å²) in [6.45, 7) is 12.9. The lowest BCUT2D eigenvalue weighted by molar-refractivity contribution is 0.0944. The summed E-state index contributed by atoms with van der Waals surface area (Å²) in [7, 11) is 0. The number of carbonyl (C=O) groups is 4. The van der Waals surface area contributed by atoms with Gasteiger partial charge in [-0.2, -0.15) is 20.4 Å². The minimum atomic E-state index is -0.178. The van der Waals surface area contributed by atoms with E-state index in [1.165, 1.54) is 11.1 Å². The third-order valence-electron chi connectivity index (χ3n) is 21.4. The number of fused-ring (bicyclic) bond motifs is 12. The number of carbonyl (C=O) groups excluding carboxylic acids is 4. The standard InChI is InChI=1S/C24H26ClN5O2.C24H22ClN5O2.C23H26N6O2.C23H22N6O2/c2*1-15-21-22(29-28-15)19-14-16(4-2-11-26)5-10-20(19)30(24(21)32)13-3-12-27-23(31)17-6-8-18(25)9-7-17;2*1-15-20-21(28-27-15)18-14-16(4-2-9-24)5-6-19(18)29(23(20)31)13-3-10-26-22(30)17-7-11-25-12-8-17/h5-10,14H,2-4,11-13,26H2,1H3,(H,27,31)(H,28,29);5-10,14H,3,11-13,26H2,1H3,(H,27,31)(H,28,29);5-8,11-12,14H,2-4,9-10,13,24H2,1H3,(H,26,30)(H,27,28);5-8,11-12,14H,3,9-10,13,24H2,1H3,(H,26,30)(H,27,28). The van der Waals surface area contributed by atoms with Crippen LogP contribution in [0.4, 0.5) is 0 Å². The SMILES string of the molecule is Cc1[nH]nc2c1c(=O)n(CCCNC(=O)c1ccc(Cl)cc1)c1ccc(C#CCN)cc21.Cc1[nH]nc2c1c(=O)n(CCCNC(=O)c1ccc(Cl)cc1)c1ccc(CCCN)cc21.Cc1[nH]nc2c1c(=O)n(CCCNC(=O)c1ccncc1)c1ccc(C#CCN)cc21.Cc1[nH]nc2c1c(=O)n(CCCNC(=O)c1ccncc1)c1ccc(CCCN)cc21. The monoisotopic (exact) mass is 1730 g/mol. The Morgan fingerprint density at radius 1 is 0.357 bits per heavy atom. The van der Waals surface area contributed by atoms with Gasteiger partial charge in [-0.3, -0.25) is 68.7 Å². The molecule has 0 atom stereocenters. The topological polar surface area (TPSA) is 449 Å². The third kappa shape index (κ3) is 20.8. The molecule has 0 saturated heterocycles. The number of nitrogens with two attached hydrogens (primary N) is 4. The number of hydrogen-bond donors (Lipinski definition) is 12. The van der Waals surface area contributed by atoms with E-state index >= 15 is 0 Å². The zero-order chi connectivity index (χ0) is 88.9. The van der Waals surface area contributed by atoms with Gasteiger partial charge >= 0.3 is 0 Å². The van der Waals surface area contributed by atoms with E-state index in [1.807, 2.05) is 88.4 Å². The van der Waals surface area contributed by atoms with Crippen molar-refractivity contribution in [3.05, 3.63) is 289 Å². The first kappa shape index (κ1) is 89.5. The van der Waals surface area contributed by atoms with Crippen molar-refractivity contribution in [2.75, 3.05) is 52.4 Å². The van der Waals surface area contributed by atoms with Gasteiger partial charge in [0.2, 0.25) is 0 Å². The van der Waals surface area contributed by atoms with Gasteiger partial charge < -0.3 is 62.5 Å². The molecule has 0 radical (unpaired) electrons. The lowest BCUT2D eigenvalue weighted by atomic mass is 10.0. The second-order valence-electron chi connectivity index (χ2n) is 30.0. The Bertz CT molecular complexity index is 7090. The molecule has 6 aromatic carbocycles. The van der Waals surface area contributed by atoms with Crippen LogP contribution in [0, 0.1) is 51.4 Å². The lowest BCUT2D eigenvalue weighted by Crippen LogP contribution is -2.27. The van der Waals surface area contributed by atoms with Crippen LogP contribution in [-0.2, 0) is 39.0 Å². The fourth-order valence-corrected chi connectivity index (χ4v) is 15.4. The Balaban J connectivity index is 0.000000144. The molecule has 0 fully saturated rings. The molecule has 644 valence electrons. The number of rotatable bonds is 26. The van der Waals surface area contributed by atoms with Gasteiger partial charge in [-0.05, 0) is 237 Å². The molecule has 16 aromatic rings. The number of benzene rings is 6. The molecule has 0 spiro atoms. The molecule has 16 rings (SSSR count). The summed E-state index contributed by atoms with van der Waals surface area (Å²) in [6.07, 6.45) is 12.3. The molecular weight excluding hydrogens is 1640 g/mol. The first-order chi connectivity index (χ1) is 61.2. The summed E-state index contributed by atoms with van der Waals surface area (Å²) in [4.78, 5) is 110. The molecule has 0 aliphatic carbocycles. The molecule has 0 unspecified atom stereocenters. The van der Waals surface area contributed by atoms with E-state index in [-0.39, 0.29) is 59.0 Å². The summed E-state index contributed by atoms with van der Waals surface area (Å²) in [5, 5.41) is 47.9. The Labute approximate surface area is 732 Å². The van der Waals surface area contributed by atoms with E-state index in [2.05, 4.69) is 108 Å². The van der Waals surface area contributed by atoms with Crippen LogP contribution >= 0.6 is 23.2 Å². The lowest BCUT2D eigenvalue weighted by Gasteiger charge is -2.13. The molecule has 126 heavy (non-hydrogen) atoms. The maximum Gasteiger partial charge on any atom is 0.262 e. The number of halogens is 2. The van der Waals surface area contributed by atoms with Crippen molar-refractivity contribution in [2.45, 2.75) is 105 Å². The number of aryl methyl sites for hydroxylation is 10. The normalized spacial score (nSPS) is 11.1. The molecule has 0 saturated carbocycles.